The zero-order chi connectivity index (χ0) is 19.4. The lowest BCUT2D eigenvalue weighted by Crippen LogP contribution is -2.44. The van der Waals surface area contributed by atoms with Gasteiger partial charge in [0.05, 0.1) is 5.37 Å². The van der Waals surface area contributed by atoms with E-state index >= 15 is 0 Å². The van der Waals surface area contributed by atoms with Crippen molar-refractivity contribution in [1.29, 1.82) is 0 Å². The minimum absolute atomic E-state index is 0.303. The fourth-order valence-corrected chi connectivity index (χ4v) is 6.05. The molecule has 3 heterocycles. The second-order valence-electron chi connectivity index (χ2n) is 8.30. The lowest BCUT2D eigenvalue weighted by molar-refractivity contribution is -0.131. The molecule has 150 valence electrons. The summed E-state index contributed by atoms with van der Waals surface area (Å²) in [6, 6.07) is 0. The molecule has 0 radical (unpaired) electrons. The molecule has 0 aliphatic carbocycles. The van der Waals surface area contributed by atoms with Crippen molar-refractivity contribution < 1.29 is 4.79 Å². The third-order valence-corrected chi connectivity index (χ3v) is 7.79. The minimum Gasteiger partial charge on any atom is -0.354 e. The molecule has 0 N–H and O–H groups in total. The molecule has 0 saturated carbocycles. The molecule has 5 heteroatoms. The van der Waals surface area contributed by atoms with Crippen LogP contribution in [-0.4, -0.2) is 64.5 Å². The summed E-state index contributed by atoms with van der Waals surface area (Å²) < 4.78 is 0.303. The first-order valence-corrected chi connectivity index (χ1v) is 11.2. The highest BCUT2D eigenvalue weighted by Crippen LogP contribution is 2.46. The molecule has 0 aromatic heterocycles. The number of amides is 1. The Balaban J connectivity index is 1.50. The van der Waals surface area contributed by atoms with Crippen LogP contribution in [-0.2, 0) is 4.79 Å². The SMILES string of the molecule is C/C=C\C/C=C1\CC(CCC(=O)N2CC3(CCN(C)CC3)SC2C)=CN1C. The Hall–Kier alpha value is -1.20. The fourth-order valence-electron chi connectivity index (χ4n) is 4.37. The van der Waals surface area contributed by atoms with E-state index in [1.807, 2.05) is 11.8 Å². The summed E-state index contributed by atoms with van der Waals surface area (Å²) in [7, 11) is 4.31. The second kappa shape index (κ2) is 8.87. The summed E-state index contributed by atoms with van der Waals surface area (Å²) >= 11 is 2.04. The Morgan fingerprint density at radius 1 is 1.33 bits per heavy atom. The summed E-state index contributed by atoms with van der Waals surface area (Å²) in [5, 5.41) is 0.317. The zero-order valence-corrected chi connectivity index (χ0v) is 18.2. The van der Waals surface area contributed by atoms with Gasteiger partial charge in [-0.2, -0.15) is 0 Å². The molecule has 0 bridgehead atoms. The number of hydrogen-bond acceptors (Lipinski definition) is 4. The molecule has 2 saturated heterocycles. The van der Waals surface area contributed by atoms with Crippen LogP contribution >= 0.6 is 11.8 Å². The van der Waals surface area contributed by atoms with Crippen LogP contribution in [0.15, 0.2) is 35.7 Å². The molecular weight excluding hydrogens is 354 g/mol. The van der Waals surface area contributed by atoms with Gasteiger partial charge in [-0.15, -0.1) is 11.8 Å². The largest absolute Gasteiger partial charge is 0.354 e. The van der Waals surface area contributed by atoms with Crippen LogP contribution in [0.25, 0.3) is 0 Å². The van der Waals surface area contributed by atoms with E-state index in [0.29, 0.717) is 22.4 Å². The number of likely N-dealkylation sites (tertiary alicyclic amines) is 1. The predicted molar refractivity (Wildman–Crippen MR) is 115 cm³/mol. The third kappa shape index (κ3) is 5.00. The van der Waals surface area contributed by atoms with Crippen LogP contribution < -0.4 is 0 Å². The number of thioether (sulfide) groups is 1. The number of piperidine rings is 1. The summed E-state index contributed by atoms with van der Waals surface area (Å²) in [4.78, 5) is 19.7. The van der Waals surface area contributed by atoms with Crippen LogP contribution in [0.3, 0.4) is 0 Å². The molecule has 27 heavy (non-hydrogen) atoms. The van der Waals surface area contributed by atoms with Crippen molar-refractivity contribution in [3.8, 4) is 0 Å². The fraction of sp³-hybridized carbons (Fsp3) is 0.682. The van der Waals surface area contributed by atoms with Crippen molar-refractivity contribution in [2.75, 3.05) is 33.7 Å². The van der Waals surface area contributed by atoms with E-state index in [9.17, 15) is 4.79 Å². The molecule has 4 nitrogen and oxygen atoms in total. The first kappa shape index (κ1) is 20.5. The maximum absolute atomic E-state index is 12.9. The monoisotopic (exact) mass is 389 g/mol. The second-order valence-corrected chi connectivity index (χ2v) is 10.1. The summed E-state index contributed by atoms with van der Waals surface area (Å²) in [5.41, 5.74) is 2.73. The van der Waals surface area contributed by atoms with Crippen molar-refractivity contribution in [1.82, 2.24) is 14.7 Å². The number of hydrogen-bond donors (Lipinski definition) is 0. The molecule has 2 fully saturated rings. The van der Waals surface area contributed by atoms with Crippen molar-refractivity contribution in [3.63, 3.8) is 0 Å². The smallest absolute Gasteiger partial charge is 0.223 e. The molecule has 1 spiro atoms. The van der Waals surface area contributed by atoms with Gasteiger partial charge in [-0.1, -0.05) is 18.2 Å². The standard InChI is InChI=1S/C22H35N3OS/c1-5-6-7-8-20-15-19(16-24(20)4)9-10-21(26)25-17-22(27-18(25)2)11-13-23(3)14-12-22/h5-6,8,16,18H,7,9-15,17H2,1-4H3/b6-5-,20-8+. The van der Waals surface area contributed by atoms with Crippen molar-refractivity contribution in [2.45, 2.75) is 62.5 Å². The van der Waals surface area contributed by atoms with Crippen LogP contribution in [0.4, 0.5) is 0 Å². The number of rotatable bonds is 5. The summed E-state index contributed by atoms with van der Waals surface area (Å²) in [6.07, 6.45) is 14.7. The van der Waals surface area contributed by atoms with Gasteiger partial charge < -0.3 is 14.7 Å². The Morgan fingerprint density at radius 2 is 2.07 bits per heavy atom. The highest BCUT2D eigenvalue weighted by atomic mass is 32.2. The van der Waals surface area contributed by atoms with Gasteiger partial charge in [0, 0.05) is 43.1 Å². The Labute approximate surface area is 169 Å². The first-order valence-electron chi connectivity index (χ1n) is 10.3. The molecule has 3 rings (SSSR count). The molecule has 0 aromatic rings. The van der Waals surface area contributed by atoms with Crippen molar-refractivity contribution in [3.05, 3.63) is 35.7 Å². The Bertz CT molecular complexity index is 631. The van der Waals surface area contributed by atoms with Gasteiger partial charge in [0.2, 0.25) is 5.91 Å². The average Bonchev–Trinajstić information content (AvgIpc) is 3.16. The Kier molecular flexibility index (Phi) is 6.74. The van der Waals surface area contributed by atoms with Crippen molar-refractivity contribution >= 4 is 17.7 Å². The lowest BCUT2D eigenvalue weighted by Gasteiger charge is -2.36. The summed E-state index contributed by atoms with van der Waals surface area (Å²) in [6.45, 7) is 7.52. The normalized spacial score (nSPS) is 27.3. The first-order chi connectivity index (χ1) is 12.9. The number of carbonyl (C=O) groups is 1. The van der Waals surface area contributed by atoms with Gasteiger partial charge >= 0.3 is 0 Å². The average molecular weight is 390 g/mol. The third-order valence-electron chi connectivity index (χ3n) is 6.16. The van der Waals surface area contributed by atoms with Crippen molar-refractivity contribution in [2.24, 2.45) is 0 Å². The number of nitrogens with zero attached hydrogens (tertiary/aromatic N) is 3. The highest BCUT2D eigenvalue weighted by Gasteiger charge is 2.45. The molecule has 1 amide bonds. The van der Waals surface area contributed by atoms with Gasteiger partial charge in [0.1, 0.15) is 0 Å². The number of carbonyl (C=O) groups excluding carboxylic acids is 1. The maximum atomic E-state index is 12.9. The van der Waals surface area contributed by atoms with Crippen LogP contribution in [0.1, 0.15) is 52.4 Å². The lowest BCUT2D eigenvalue weighted by atomic mass is 9.95. The van der Waals surface area contributed by atoms with Gasteiger partial charge in [0.15, 0.2) is 0 Å². The van der Waals surface area contributed by atoms with Gasteiger partial charge in [0.25, 0.3) is 0 Å². The predicted octanol–water partition coefficient (Wildman–Crippen LogP) is 4.22. The van der Waals surface area contributed by atoms with Crippen LogP contribution in [0, 0.1) is 0 Å². The van der Waals surface area contributed by atoms with Gasteiger partial charge in [-0.25, -0.2) is 0 Å². The van der Waals surface area contributed by atoms with Gasteiger partial charge in [-0.3, -0.25) is 4.79 Å². The highest BCUT2D eigenvalue weighted by molar-refractivity contribution is 8.01. The van der Waals surface area contributed by atoms with E-state index in [2.05, 4.69) is 67.1 Å². The molecule has 3 aliphatic rings. The van der Waals surface area contributed by atoms with E-state index < -0.39 is 0 Å². The maximum Gasteiger partial charge on any atom is 0.223 e. The van der Waals surface area contributed by atoms with E-state index in [1.165, 1.54) is 24.1 Å². The molecular formula is C22H35N3OS. The minimum atomic E-state index is 0.303. The van der Waals surface area contributed by atoms with E-state index in [1.54, 1.807) is 0 Å². The van der Waals surface area contributed by atoms with E-state index in [-0.39, 0.29) is 0 Å². The number of allylic oxidation sites excluding steroid dienone is 4. The zero-order valence-electron chi connectivity index (χ0n) is 17.4. The molecule has 3 aliphatic heterocycles. The van der Waals surface area contributed by atoms with E-state index in [4.69, 9.17) is 0 Å². The topological polar surface area (TPSA) is 26.8 Å². The molecule has 0 aromatic carbocycles. The Morgan fingerprint density at radius 3 is 2.78 bits per heavy atom. The quantitative estimate of drug-likeness (QED) is 0.658. The molecule has 1 unspecified atom stereocenters. The van der Waals surface area contributed by atoms with Gasteiger partial charge in [-0.05, 0) is 65.2 Å². The van der Waals surface area contributed by atoms with Crippen LogP contribution in [0.5, 0.6) is 0 Å². The van der Waals surface area contributed by atoms with E-state index in [0.717, 1.165) is 38.9 Å². The molecule has 1 atom stereocenters. The van der Waals surface area contributed by atoms with Crippen LogP contribution in [0.2, 0.25) is 0 Å². The summed E-state index contributed by atoms with van der Waals surface area (Å²) in [5.74, 6) is 0.334.